The number of benzene rings is 1. The van der Waals surface area contributed by atoms with Crippen molar-refractivity contribution in [3.05, 3.63) is 24.3 Å². The second-order valence-electron chi connectivity index (χ2n) is 6.12. The molecule has 2 rings (SSSR count). The molecule has 1 atom stereocenters. The third-order valence-electron chi connectivity index (χ3n) is 4.14. The fourth-order valence-corrected chi connectivity index (χ4v) is 2.85. The molecule has 28 heavy (non-hydrogen) atoms. The van der Waals surface area contributed by atoms with E-state index in [1.807, 2.05) is 0 Å². The SMILES string of the molecule is NC[C@@H](C(=O)Nc1ccc(N2CCOCC2=O)cc1)N(CC(F)F)CC(F)F. The zero-order chi connectivity index (χ0) is 20.7. The first kappa shape index (κ1) is 22.1. The molecule has 1 aliphatic rings. The molecular weight excluding hydrogens is 384 g/mol. The van der Waals surface area contributed by atoms with E-state index in [1.54, 1.807) is 12.1 Å². The molecule has 1 aromatic rings. The Bertz CT molecular complexity index is 650. The molecular formula is C17H22F4N4O3. The Balaban J connectivity index is 2.05. The van der Waals surface area contributed by atoms with Gasteiger partial charge in [0.05, 0.1) is 19.7 Å². The van der Waals surface area contributed by atoms with Crippen LogP contribution in [0.3, 0.4) is 0 Å². The number of nitrogens with one attached hydrogen (secondary N) is 1. The molecule has 0 spiro atoms. The van der Waals surface area contributed by atoms with E-state index in [0.717, 1.165) is 0 Å². The van der Waals surface area contributed by atoms with Crippen LogP contribution in [0.5, 0.6) is 0 Å². The van der Waals surface area contributed by atoms with E-state index in [2.05, 4.69) is 5.32 Å². The van der Waals surface area contributed by atoms with Crippen LogP contribution in [0, 0.1) is 0 Å². The van der Waals surface area contributed by atoms with Crippen molar-refractivity contribution in [3.63, 3.8) is 0 Å². The summed E-state index contributed by atoms with van der Waals surface area (Å²) in [5.74, 6) is -0.958. The summed E-state index contributed by atoms with van der Waals surface area (Å²) in [6.45, 7) is -1.58. The largest absolute Gasteiger partial charge is 0.370 e. The smallest absolute Gasteiger partial charge is 0.253 e. The van der Waals surface area contributed by atoms with E-state index in [-0.39, 0.29) is 12.5 Å². The van der Waals surface area contributed by atoms with E-state index < -0.39 is 44.4 Å². The predicted octanol–water partition coefficient (Wildman–Crippen LogP) is 1.15. The molecule has 0 saturated carbocycles. The van der Waals surface area contributed by atoms with Crippen molar-refractivity contribution in [2.45, 2.75) is 18.9 Å². The van der Waals surface area contributed by atoms with Gasteiger partial charge >= 0.3 is 0 Å². The highest BCUT2D eigenvalue weighted by Crippen LogP contribution is 2.20. The van der Waals surface area contributed by atoms with Crippen LogP contribution in [0.4, 0.5) is 28.9 Å². The Labute approximate surface area is 159 Å². The van der Waals surface area contributed by atoms with Gasteiger partial charge in [-0.05, 0) is 24.3 Å². The molecule has 0 aliphatic carbocycles. The fourth-order valence-electron chi connectivity index (χ4n) is 2.85. The quantitative estimate of drug-likeness (QED) is 0.601. The van der Waals surface area contributed by atoms with Crippen molar-refractivity contribution >= 4 is 23.2 Å². The zero-order valence-corrected chi connectivity index (χ0v) is 15.0. The third kappa shape index (κ3) is 6.14. The van der Waals surface area contributed by atoms with Crippen LogP contribution in [-0.4, -0.2) is 75.0 Å². The number of anilines is 2. The third-order valence-corrected chi connectivity index (χ3v) is 4.14. The molecule has 1 saturated heterocycles. The van der Waals surface area contributed by atoms with Gasteiger partial charge in [0.25, 0.3) is 18.8 Å². The molecule has 1 fully saturated rings. The predicted molar refractivity (Wildman–Crippen MR) is 94.7 cm³/mol. The summed E-state index contributed by atoms with van der Waals surface area (Å²) < 4.78 is 55.8. The van der Waals surface area contributed by atoms with Gasteiger partial charge < -0.3 is 20.7 Å². The van der Waals surface area contributed by atoms with Crippen molar-refractivity contribution in [1.29, 1.82) is 0 Å². The normalized spacial score (nSPS) is 16.1. The van der Waals surface area contributed by atoms with Crippen LogP contribution in [0.15, 0.2) is 24.3 Å². The standard InChI is InChI=1S/C17H22F4N4O3/c18-14(19)8-24(9-15(20)21)13(7-22)17(27)23-11-1-3-12(4-2-11)25-5-6-28-10-16(25)26/h1-4,13-15H,5-10,22H2,(H,23,27)/t13-/m0/s1. The Morgan fingerprint density at radius 1 is 1.18 bits per heavy atom. The number of carbonyl (C=O) groups excluding carboxylic acids is 2. The van der Waals surface area contributed by atoms with E-state index in [1.165, 1.54) is 17.0 Å². The van der Waals surface area contributed by atoms with Gasteiger partial charge in [-0.2, -0.15) is 0 Å². The summed E-state index contributed by atoms with van der Waals surface area (Å²) in [5, 5.41) is 2.48. The summed E-state index contributed by atoms with van der Waals surface area (Å²) in [4.78, 5) is 26.4. The van der Waals surface area contributed by atoms with Gasteiger partial charge in [0.2, 0.25) is 5.91 Å². The maximum Gasteiger partial charge on any atom is 0.253 e. The van der Waals surface area contributed by atoms with E-state index >= 15 is 0 Å². The van der Waals surface area contributed by atoms with Crippen molar-refractivity contribution in [3.8, 4) is 0 Å². The topological polar surface area (TPSA) is 87.9 Å². The Morgan fingerprint density at radius 2 is 1.79 bits per heavy atom. The first-order chi connectivity index (χ1) is 13.3. The van der Waals surface area contributed by atoms with Crippen LogP contribution >= 0.6 is 0 Å². The van der Waals surface area contributed by atoms with Crippen molar-refractivity contribution in [2.75, 3.05) is 49.6 Å². The molecule has 0 aromatic heterocycles. The van der Waals surface area contributed by atoms with Gasteiger partial charge in [-0.1, -0.05) is 0 Å². The van der Waals surface area contributed by atoms with E-state index in [4.69, 9.17) is 10.5 Å². The lowest BCUT2D eigenvalue weighted by Crippen LogP contribution is -2.51. The summed E-state index contributed by atoms with van der Waals surface area (Å²) in [6, 6.07) is 4.92. The lowest BCUT2D eigenvalue weighted by atomic mass is 10.2. The molecule has 156 valence electrons. The highest BCUT2D eigenvalue weighted by molar-refractivity contribution is 5.97. The number of ether oxygens (including phenoxy) is 1. The maximum absolute atomic E-state index is 12.7. The number of halogens is 4. The molecule has 0 bridgehead atoms. The minimum Gasteiger partial charge on any atom is -0.370 e. The summed E-state index contributed by atoms with van der Waals surface area (Å²) in [6.07, 6.45) is -5.77. The molecule has 3 N–H and O–H groups in total. The number of alkyl halides is 4. The number of nitrogens with zero attached hydrogens (tertiary/aromatic N) is 2. The first-order valence-electron chi connectivity index (χ1n) is 8.61. The summed E-state index contributed by atoms with van der Waals surface area (Å²) in [7, 11) is 0. The van der Waals surface area contributed by atoms with Crippen molar-refractivity contribution in [2.24, 2.45) is 5.73 Å². The van der Waals surface area contributed by atoms with E-state index in [9.17, 15) is 27.2 Å². The summed E-state index contributed by atoms with van der Waals surface area (Å²) in [5.41, 5.74) is 6.40. The minimum absolute atomic E-state index is 0.0131. The van der Waals surface area contributed by atoms with Gasteiger partial charge in [-0.15, -0.1) is 0 Å². The number of carbonyl (C=O) groups is 2. The maximum atomic E-state index is 12.7. The summed E-state index contributed by atoms with van der Waals surface area (Å²) >= 11 is 0. The Hall–Kier alpha value is -2.24. The monoisotopic (exact) mass is 406 g/mol. The highest BCUT2D eigenvalue weighted by atomic mass is 19.3. The number of hydrogen-bond acceptors (Lipinski definition) is 5. The van der Waals surface area contributed by atoms with Crippen molar-refractivity contribution < 1.29 is 31.9 Å². The first-order valence-corrected chi connectivity index (χ1v) is 8.61. The van der Waals surface area contributed by atoms with Crippen LogP contribution in [0.25, 0.3) is 0 Å². The van der Waals surface area contributed by atoms with Gasteiger partial charge in [0.1, 0.15) is 12.6 Å². The second kappa shape index (κ2) is 10.3. The number of amides is 2. The molecule has 0 radical (unpaired) electrons. The lowest BCUT2D eigenvalue weighted by Gasteiger charge is -2.29. The molecule has 1 heterocycles. The van der Waals surface area contributed by atoms with Crippen LogP contribution in [-0.2, 0) is 14.3 Å². The average molecular weight is 406 g/mol. The molecule has 1 aromatic carbocycles. The van der Waals surface area contributed by atoms with Gasteiger partial charge in [0.15, 0.2) is 0 Å². The number of morpholine rings is 1. The Kier molecular flexibility index (Phi) is 8.15. The van der Waals surface area contributed by atoms with Gasteiger partial charge in [-0.3, -0.25) is 14.5 Å². The average Bonchev–Trinajstić information content (AvgIpc) is 2.62. The molecule has 11 heteroatoms. The van der Waals surface area contributed by atoms with E-state index in [0.29, 0.717) is 29.4 Å². The zero-order valence-electron chi connectivity index (χ0n) is 15.0. The van der Waals surface area contributed by atoms with Crippen molar-refractivity contribution in [1.82, 2.24) is 4.90 Å². The molecule has 1 aliphatic heterocycles. The highest BCUT2D eigenvalue weighted by Gasteiger charge is 2.29. The van der Waals surface area contributed by atoms with Crippen LogP contribution in [0.2, 0.25) is 0 Å². The number of hydrogen-bond donors (Lipinski definition) is 2. The number of rotatable bonds is 9. The number of nitrogens with two attached hydrogens (primary N) is 1. The van der Waals surface area contributed by atoms with Crippen LogP contribution < -0.4 is 16.0 Å². The molecule has 2 amide bonds. The molecule has 7 nitrogen and oxygen atoms in total. The van der Waals surface area contributed by atoms with Crippen LogP contribution in [0.1, 0.15) is 0 Å². The van der Waals surface area contributed by atoms with Gasteiger partial charge in [-0.25, -0.2) is 17.6 Å². The minimum atomic E-state index is -2.88. The molecule has 0 unspecified atom stereocenters. The Morgan fingerprint density at radius 3 is 2.29 bits per heavy atom. The second-order valence-corrected chi connectivity index (χ2v) is 6.12. The fraction of sp³-hybridized carbons (Fsp3) is 0.529. The van der Waals surface area contributed by atoms with Gasteiger partial charge in [0, 0.05) is 24.5 Å². The lowest BCUT2D eigenvalue weighted by molar-refractivity contribution is -0.125.